The summed E-state index contributed by atoms with van der Waals surface area (Å²) < 4.78 is 6.47. The van der Waals surface area contributed by atoms with Gasteiger partial charge in [-0.05, 0) is 56.2 Å². The van der Waals surface area contributed by atoms with Gasteiger partial charge in [-0.3, -0.25) is 14.7 Å². The summed E-state index contributed by atoms with van der Waals surface area (Å²) >= 11 is 1.60. The molecule has 2 fully saturated rings. The second-order valence-electron chi connectivity index (χ2n) is 7.97. The van der Waals surface area contributed by atoms with E-state index in [1.807, 2.05) is 48.9 Å². The first-order chi connectivity index (χ1) is 14.2. The standard InChI is InChI=1S/C23H29N3O2S/c1-29-21-8-3-2-7-20(21)22(27)25-16-19-9-10-23(28-19)11-14-26(15-12-23)17-18-6-4-5-13-24-18/h2-8,13,19H,9-12,14-17H2,1H3,(H,25,27)/t19-/m0/s1. The van der Waals surface area contributed by atoms with Crippen LogP contribution < -0.4 is 5.32 Å². The molecule has 4 rings (SSSR count). The Bertz CT molecular complexity index is 822. The summed E-state index contributed by atoms with van der Waals surface area (Å²) in [6, 6.07) is 13.8. The number of thioether (sulfide) groups is 1. The highest BCUT2D eigenvalue weighted by atomic mass is 32.2. The number of rotatable bonds is 6. The van der Waals surface area contributed by atoms with Crippen LogP contribution in [0.3, 0.4) is 0 Å². The van der Waals surface area contributed by atoms with Crippen LogP contribution in [0, 0.1) is 0 Å². The van der Waals surface area contributed by atoms with Crippen LogP contribution in [-0.2, 0) is 11.3 Å². The number of likely N-dealkylation sites (tertiary alicyclic amines) is 1. The van der Waals surface area contributed by atoms with Gasteiger partial charge in [0.1, 0.15) is 0 Å². The van der Waals surface area contributed by atoms with Crippen molar-refractivity contribution in [2.24, 2.45) is 0 Å². The van der Waals surface area contributed by atoms with Crippen LogP contribution in [0.1, 0.15) is 41.7 Å². The van der Waals surface area contributed by atoms with Gasteiger partial charge in [0.2, 0.25) is 0 Å². The van der Waals surface area contributed by atoms with Crippen LogP contribution in [0.5, 0.6) is 0 Å². The predicted molar refractivity (Wildman–Crippen MR) is 116 cm³/mol. The Kier molecular flexibility index (Phi) is 6.53. The van der Waals surface area contributed by atoms with Crippen molar-refractivity contribution >= 4 is 17.7 Å². The molecule has 1 aromatic heterocycles. The number of aromatic nitrogens is 1. The lowest BCUT2D eigenvalue weighted by molar-refractivity contribution is -0.0765. The summed E-state index contributed by atoms with van der Waals surface area (Å²) in [6.45, 7) is 3.57. The minimum Gasteiger partial charge on any atom is -0.370 e. The van der Waals surface area contributed by atoms with E-state index in [1.54, 1.807) is 11.8 Å². The zero-order valence-electron chi connectivity index (χ0n) is 17.0. The van der Waals surface area contributed by atoms with Gasteiger partial charge in [0.25, 0.3) is 5.91 Å². The molecule has 3 heterocycles. The molecular weight excluding hydrogens is 382 g/mol. The average Bonchev–Trinajstić information content (AvgIpc) is 3.17. The summed E-state index contributed by atoms with van der Waals surface area (Å²) in [4.78, 5) is 20.5. The van der Waals surface area contributed by atoms with E-state index in [-0.39, 0.29) is 17.6 Å². The zero-order valence-corrected chi connectivity index (χ0v) is 17.8. The molecule has 2 saturated heterocycles. The average molecular weight is 412 g/mol. The summed E-state index contributed by atoms with van der Waals surface area (Å²) in [6.07, 6.45) is 8.19. The summed E-state index contributed by atoms with van der Waals surface area (Å²) in [5.74, 6) is -0.00956. The molecule has 1 aromatic carbocycles. The fourth-order valence-corrected chi connectivity index (χ4v) is 4.98. The predicted octanol–water partition coefficient (Wildman–Crippen LogP) is 3.75. The molecule has 2 aromatic rings. The molecule has 0 bridgehead atoms. The number of hydrogen-bond acceptors (Lipinski definition) is 5. The number of hydrogen-bond donors (Lipinski definition) is 1. The monoisotopic (exact) mass is 411 g/mol. The van der Waals surface area contributed by atoms with Gasteiger partial charge in [0.15, 0.2) is 0 Å². The molecule has 29 heavy (non-hydrogen) atoms. The third kappa shape index (κ3) is 5.00. The Morgan fingerprint density at radius 1 is 1.21 bits per heavy atom. The van der Waals surface area contributed by atoms with E-state index in [4.69, 9.17) is 4.74 Å². The van der Waals surface area contributed by atoms with E-state index in [2.05, 4.69) is 21.3 Å². The molecule has 1 N–H and O–H groups in total. The van der Waals surface area contributed by atoms with Gasteiger partial charge < -0.3 is 10.1 Å². The molecule has 1 spiro atoms. The fourth-order valence-electron chi connectivity index (χ4n) is 4.38. The van der Waals surface area contributed by atoms with Gasteiger partial charge in [0, 0.05) is 37.3 Å². The Hall–Kier alpha value is -1.89. The molecule has 0 radical (unpaired) electrons. The molecular formula is C23H29N3O2S. The Morgan fingerprint density at radius 2 is 2.00 bits per heavy atom. The smallest absolute Gasteiger partial charge is 0.252 e. The lowest BCUT2D eigenvalue weighted by Gasteiger charge is -2.39. The Labute approximate surface area is 177 Å². The summed E-state index contributed by atoms with van der Waals surface area (Å²) in [5.41, 5.74) is 1.87. The van der Waals surface area contributed by atoms with Crippen LogP contribution in [-0.4, -0.2) is 53.4 Å². The molecule has 2 aliphatic heterocycles. The van der Waals surface area contributed by atoms with Gasteiger partial charge in [0.05, 0.1) is 23.0 Å². The second kappa shape index (κ2) is 9.28. The summed E-state index contributed by atoms with van der Waals surface area (Å²) in [7, 11) is 0. The van der Waals surface area contributed by atoms with E-state index >= 15 is 0 Å². The van der Waals surface area contributed by atoms with Crippen molar-refractivity contribution in [3.8, 4) is 0 Å². The lowest BCUT2D eigenvalue weighted by Crippen LogP contribution is -2.45. The lowest BCUT2D eigenvalue weighted by atomic mass is 9.88. The Morgan fingerprint density at radius 3 is 2.76 bits per heavy atom. The van der Waals surface area contributed by atoms with Gasteiger partial charge in [-0.25, -0.2) is 0 Å². The van der Waals surface area contributed by atoms with Gasteiger partial charge in [-0.15, -0.1) is 11.8 Å². The second-order valence-corrected chi connectivity index (χ2v) is 8.82. The first-order valence-electron chi connectivity index (χ1n) is 10.4. The Balaban J connectivity index is 1.25. The maximum absolute atomic E-state index is 12.6. The van der Waals surface area contributed by atoms with E-state index in [9.17, 15) is 4.79 Å². The largest absolute Gasteiger partial charge is 0.370 e. The van der Waals surface area contributed by atoms with Crippen molar-refractivity contribution in [3.63, 3.8) is 0 Å². The van der Waals surface area contributed by atoms with E-state index in [0.717, 1.165) is 61.5 Å². The van der Waals surface area contributed by atoms with Gasteiger partial charge in [-0.1, -0.05) is 18.2 Å². The van der Waals surface area contributed by atoms with Crippen LogP contribution in [0.25, 0.3) is 0 Å². The molecule has 6 heteroatoms. The number of piperidine rings is 1. The maximum Gasteiger partial charge on any atom is 0.252 e. The third-order valence-corrected chi connectivity index (χ3v) is 6.86. The summed E-state index contributed by atoms with van der Waals surface area (Å²) in [5, 5.41) is 3.08. The molecule has 0 aliphatic carbocycles. The first-order valence-corrected chi connectivity index (χ1v) is 11.6. The van der Waals surface area contributed by atoms with Crippen molar-refractivity contribution in [3.05, 3.63) is 59.9 Å². The quantitative estimate of drug-likeness (QED) is 0.734. The van der Waals surface area contributed by atoms with E-state index < -0.39 is 0 Å². The fraction of sp³-hybridized carbons (Fsp3) is 0.478. The van der Waals surface area contributed by atoms with Crippen LogP contribution >= 0.6 is 11.8 Å². The molecule has 5 nitrogen and oxygen atoms in total. The number of benzene rings is 1. The molecule has 2 aliphatic rings. The molecule has 154 valence electrons. The van der Waals surface area contributed by atoms with E-state index in [1.165, 1.54) is 0 Å². The number of nitrogens with one attached hydrogen (secondary N) is 1. The first kappa shape index (κ1) is 20.4. The number of amides is 1. The number of ether oxygens (including phenoxy) is 1. The van der Waals surface area contributed by atoms with E-state index in [0.29, 0.717) is 6.54 Å². The van der Waals surface area contributed by atoms with Crippen molar-refractivity contribution in [2.75, 3.05) is 25.9 Å². The zero-order chi connectivity index (χ0) is 20.1. The van der Waals surface area contributed by atoms with Crippen LogP contribution in [0.2, 0.25) is 0 Å². The minimum atomic E-state index is -0.00956. The SMILES string of the molecule is CSc1ccccc1C(=O)NC[C@@H]1CCC2(CCN(Cc3ccccn3)CC2)O1. The van der Waals surface area contributed by atoms with Crippen molar-refractivity contribution in [2.45, 2.75) is 48.8 Å². The number of carbonyl (C=O) groups is 1. The van der Waals surface area contributed by atoms with Gasteiger partial charge in [-0.2, -0.15) is 0 Å². The molecule has 0 saturated carbocycles. The van der Waals surface area contributed by atoms with Crippen molar-refractivity contribution in [1.82, 2.24) is 15.2 Å². The molecule has 1 atom stereocenters. The van der Waals surface area contributed by atoms with Gasteiger partial charge >= 0.3 is 0 Å². The highest BCUT2D eigenvalue weighted by molar-refractivity contribution is 7.98. The molecule has 0 unspecified atom stereocenters. The third-order valence-electron chi connectivity index (χ3n) is 6.06. The highest BCUT2D eigenvalue weighted by Gasteiger charge is 2.42. The van der Waals surface area contributed by atoms with Crippen molar-refractivity contribution < 1.29 is 9.53 Å². The highest BCUT2D eigenvalue weighted by Crippen LogP contribution is 2.39. The minimum absolute atomic E-state index is 0.00676. The molecule has 1 amide bonds. The van der Waals surface area contributed by atoms with Crippen LogP contribution in [0.15, 0.2) is 53.6 Å². The normalized spacial score (nSPS) is 21.3. The van der Waals surface area contributed by atoms with Crippen molar-refractivity contribution in [1.29, 1.82) is 0 Å². The topological polar surface area (TPSA) is 54.5 Å². The number of pyridine rings is 1. The van der Waals surface area contributed by atoms with Crippen LogP contribution in [0.4, 0.5) is 0 Å². The number of nitrogens with zero attached hydrogens (tertiary/aromatic N) is 2. The maximum atomic E-state index is 12.6. The number of carbonyl (C=O) groups excluding carboxylic acids is 1.